The largest absolute Gasteiger partial charge is 0.493 e. The Bertz CT molecular complexity index is 969. The molecule has 0 spiro atoms. The molecule has 0 unspecified atom stereocenters. The first-order chi connectivity index (χ1) is 13.9. The summed E-state index contributed by atoms with van der Waals surface area (Å²) in [6.07, 6.45) is 1.58. The van der Waals surface area contributed by atoms with Crippen LogP contribution in [0, 0.1) is 13.8 Å². The summed E-state index contributed by atoms with van der Waals surface area (Å²) < 4.78 is 16.9. The molecule has 2 aromatic rings. The third-order valence-corrected chi connectivity index (χ3v) is 5.08. The molecule has 0 saturated carbocycles. The molecule has 1 heterocycles. The molecule has 1 N–H and O–H groups in total. The van der Waals surface area contributed by atoms with Gasteiger partial charge < -0.3 is 14.2 Å². The van der Waals surface area contributed by atoms with Crippen molar-refractivity contribution in [1.82, 2.24) is 5.32 Å². The molecule has 0 aromatic heterocycles. The standard InChI is InChI=1S/C21H20ClNO5S/c1-12-6-13(2)8-15(7-12)27-4-5-28-19-16(22)9-14(10-17(19)26-3)11-18-20(24)23-21(25)29-18/h6-11H,4-5H2,1-3H3,(H,23,24,25)/b18-11+. The van der Waals surface area contributed by atoms with Crippen molar-refractivity contribution in [3.63, 3.8) is 0 Å². The molecule has 6 nitrogen and oxygen atoms in total. The van der Waals surface area contributed by atoms with Crippen molar-refractivity contribution in [3.05, 3.63) is 56.9 Å². The summed E-state index contributed by atoms with van der Waals surface area (Å²) in [5, 5.41) is 2.14. The molecule has 2 aromatic carbocycles. The van der Waals surface area contributed by atoms with Gasteiger partial charge in [-0.2, -0.15) is 0 Å². The molecule has 8 heteroatoms. The summed E-state index contributed by atoms with van der Waals surface area (Å²) >= 11 is 7.19. The van der Waals surface area contributed by atoms with E-state index in [1.54, 1.807) is 18.2 Å². The van der Waals surface area contributed by atoms with Crippen LogP contribution in [0.15, 0.2) is 35.2 Å². The van der Waals surface area contributed by atoms with Gasteiger partial charge in [0.1, 0.15) is 19.0 Å². The lowest BCUT2D eigenvalue weighted by Gasteiger charge is -2.14. The Labute approximate surface area is 178 Å². The minimum Gasteiger partial charge on any atom is -0.493 e. The normalized spacial score (nSPS) is 14.8. The lowest BCUT2D eigenvalue weighted by Crippen LogP contribution is -2.17. The number of halogens is 1. The third kappa shape index (κ3) is 5.46. The zero-order valence-corrected chi connectivity index (χ0v) is 17.8. The molecule has 152 valence electrons. The van der Waals surface area contributed by atoms with E-state index in [1.165, 1.54) is 7.11 Å². The number of imide groups is 1. The lowest BCUT2D eigenvalue weighted by atomic mass is 10.1. The van der Waals surface area contributed by atoms with Gasteiger partial charge >= 0.3 is 0 Å². The van der Waals surface area contributed by atoms with Crippen LogP contribution in [0.1, 0.15) is 16.7 Å². The van der Waals surface area contributed by atoms with Gasteiger partial charge in [-0.15, -0.1) is 0 Å². The number of aryl methyl sites for hydroxylation is 2. The number of nitrogens with one attached hydrogen (secondary N) is 1. The van der Waals surface area contributed by atoms with Crippen molar-refractivity contribution in [2.45, 2.75) is 13.8 Å². The van der Waals surface area contributed by atoms with Crippen molar-refractivity contribution < 1.29 is 23.8 Å². The molecule has 0 radical (unpaired) electrons. The Hall–Kier alpha value is -2.64. The third-order valence-electron chi connectivity index (χ3n) is 3.99. The van der Waals surface area contributed by atoms with Crippen molar-refractivity contribution in [3.8, 4) is 17.2 Å². The van der Waals surface area contributed by atoms with Crippen molar-refractivity contribution in [2.24, 2.45) is 0 Å². The van der Waals surface area contributed by atoms with Gasteiger partial charge in [-0.3, -0.25) is 14.9 Å². The Morgan fingerprint density at radius 3 is 2.34 bits per heavy atom. The number of benzene rings is 2. The van der Waals surface area contributed by atoms with Crippen LogP contribution in [0.25, 0.3) is 6.08 Å². The second-order valence-corrected chi connectivity index (χ2v) is 7.83. The highest BCUT2D eigenvalue weighted by Gasteiger charge is 2.25. The number of ether oxygens (including phenoxy) is 3. The van der Waals surface area contributed by atoms with E-state index in [2.05, 4.69) is 11.4 Å². The van der Waals surface area contributed by atoms with Crippen molar-refractivity contribution in [1.29, 1.82) is 0 Å². The number of hydrogen-bond donors (Lipinski definition) is 1. The Kier molecular flexibility index (Phi) is 6.71. The molecule has 29 heavy (non-hydrogen) atoms. The predicted octanol–water partition coefficient (Wildman–Crippen LogP) is 4.75. The van der Waals surface area contributed by atoms with Crippen LogP contribution in [-0.4, -0.2) is 31.5 Å². The first kappa shape index (κ1) is 21.1. The molecular weight excluding hydrogens is 414 g/mol. The predicted molar refractivity (Wildman–Crippen MR) is 114 cm³/mol. The van der Waals surface area contributed by atoms with Gasteiger partial charge in [-0.05, 0) is 72.6 Å². The SMILES string of the molecule is COc1cc(/C=C2/SC(=O)NC2=O)cc(Cl)c1OCCOc1cc(C)cc(C)c1. The fraction of sp³-hybridized carbons (Fsp3) is 0.238. The Balaban J connectivity index is 1.67. The fourth-order valence-electron chi connectivity index (χ4n) is 2.86. The van der Waals surface area contributed by atoms with E-state index in [9.17, 15) is 9.59 Å². The first-order valence-corrected chi connectivity index (χ1v) is 10.0. The second kappa shape index (κ2) is 9.24. The number of carbonyl (C=O) groups excluding carboxylic acids is 2. The fourth-order valence-corrected chi connectivity index (χ4v) is 3.81. The minimum absolute atomic E-state index is 0.274. The molecule has 3 rings (SSSR count). The quantitative estimate of drug-likeness (QED) is 0.502. The Morgan fingerprint density at radius 1 is 1.03 bits per heavy atom. The molecule has 1 fully saturated rings. The van der Waals surface area contributed by atoms with Crippen LogP contribution >= 0.6 is 23.4 Å². The number of methoxy groups -OCH3 is 1. The molecule has 2 amide bonds. The van der Waals surface area contributed by atoms with Crippen LogP contribution in [0.4, 0.5) is 4.79 Å². The lowest BCUT2D eigenvalue weighted by molar-refractivity contribution is -0.115. The van der Waals surface area contributed by atoms with Crippen LogP contribution in [0.5, 0.6) is 17.2 Å². The topological polar surface area (TPSA) is 73.9 Å². The van der Waals surface area contributed by atoms with Crippen LogP contribution < -0.4 is 19.5 Å². The number of amides is 2. The molecule has 0 aliphatic carbocycles. The van der Waals surface area contributed by atoms with Gasteiger partial charge in [-0.25, -0.2) is 0 Å². The maximum atomic E-state index is 11.7. The van der Waals surface area contributed by atoms with Crippen LogP contribution in [0.3, 0.4) is 0 Å². The zero-order valence-electron chi connectivity index (χ0n) is 16.2. The summed E-state index contributed by atoms with van der Waals surface area (Å²) in [5.74, 6) is 1.16. The highest BCUT2D eigenvalue weighted by Crippen LogP contribution is 2.38. The number of carbonyl (C=O) groups is 2. The second-order valence-electron chi connectivity index (χ2n) is 6.41. The highest BCUT2D eigenvalue weighted by atomic mass is 35.5. The van der Waals surface area contributed by atoms with Gasteiger partial charge in [0.2, 0.25) is 0 Å². The summed E-state index contributed by atoms with van der Waals surface area (Å²) in [4.78, 5) is 23.3. The van der Waals surface area contributed by atoms with E-state index in [0.29, 0.717) is 33.6 Å². The molecule has 0 atom stereocenters. The summed E-state index contributed by atoms with van der Waals surface area (Å²) in [6, 6.07) is 9.34. The molecular formula is C21H20ClNO5S. The number of hydrogen-bond acceptors (Lipinski definition) is 6. The molecule has 1 saturated heterocycles. The van der Waals surface area contributed by atoms with E-state index in [4.69, 9.17) is 25.8 Å². The van der Waals surface area contributed by atoms with Gasteiger partial charge in [0.05, 0.1) is 17.0 Å². The van der Waals surface area contributed by atoms with Crippen molar-refractivity contribution in [2.75, 3.05) is 20.3 Å². The summed E-state index contributed by atoms with van der Waals surface area (Å²) in [7, 11) is 1.50. The zero-order chi connectivity index (χ0) is 21.0. The highest BCUT2D eigenvalue weighted by molar-refractivity contribution is 8.18. The maximum absolute atomic E-state index is 11.7. The van der Waals surface area contributed by atoms with E-state index in [0.717, 1.165) is 28.6 Å². The van der Waals surface area contributed by atoms with E-state index in [1.807, 2.05) is 26.0 Å². The van der Waals surface area contributed by atoms with Gasteiger partial charge in [0.25, 0.3) is 11.1 Å². The molecule has 1 aliphatic heterocycles. The van der Waals surface area contributed by atoms with Crippen molar-refractivity contribution >= 4 is 40.6 Å². The Morgan fingerprint density at radius 2 is 1.72 bits per heavy atom. The average Bonchev–Trinajstić information content (AvgIpc) is 2.95. The smallest absolute Gasteiger partial charge is 0.290 e. The van der Waals surface area contributed by atoms with Crippen LogP contribution in [-0.2, 0) is 4.79 Å². The van der Waals surface area contributed by atoms with E-state index < -0.39 is 11.1 Å². The average molecular weight is 434 g/mol. The van der Waals surface area contributed by atoms with Gasteiger partial charge in [0, 0.05) is 0 Å². The number of thioether (sulfide) groups is 1. The summed E-state index contributed by atoms with van der Waals surface area (Å²) in [6.45, 7) is 4.65. The minimum atomic E-state index is -0.432. The first-order valence-electron chi connectivity index (χ1n) is 8.82. The monoisotopic (exact) mass is 433 g/mol. The van der Waals surface area contributed by atoms with E-state index in [-0.39, 0.29) is 6.61 Å². The maximum Gasteiger partial charge on any atom is 0.290 e. The number of rotatable bonds is 7. The van der Waals surface area contributed by atoms with Gasteiger partial charge in [-0.1, -0.05) is 17.7 Å². The van der Waals surface area contributed by atoms with Gasteiger partial charge in [0.15, 0.2) is 11.5 Å². The van der Waals surface area contributed by atoms with Crippen LogP contribution in [0.2, 0.25) is 5.02 Å². The summed E-state index contributed by atoms with van der Waals surface area (Å²) in [5.41, 5.74) is 2.88. The molecule has 1 aliphatic rings. The van der Waals surface area contributed by atoms with E-state index >= 15 is 0 Å². The molecule has 0 bridgehead atoms.